The first-order chi connectivity index (χ1) is 12.2. The first-order valence-corrected chi connectivity index (χ1v) is 7.43. The molecule has 0 aromatic heterocycles. The van der Waals surface area contributed by atoms with Gasteiger partial charge in [0.2, 0.25) is 5.78 Å². The first-order valence-electron chi connectivity index (χ1n) is 7.43. The van der Waals surface area contributed by atoms with E-state index in [1.54, 1.807) is 0 Å². The standard InChI is InChI=1S/C18H14O8/c19-12-3-1-9(6-14(12)21)5-11-17(24)26-8-18(11,25)16(23)10-2-4-13(20)15(22)7-10/h1-7,19-22,25H,8H2/t18-/m1/s1. The Kier molecular flexibility index (Phi) is 4.05. The van der Waals surface area contributed by atoms with Crippen molar-refractivity contribution in [2.45, 2.75) is 5.60 Å². The summed E-state index contributed by atoms with van der Waals surface area (Å²) in [6.07, 6.45) is 1.16. The van der Waals surface area contributed by atoms with E-state index in [0.717, 1.165) is 24.3 Å². The van der Waals surface area contributed by atoms with Crippen molar-refractivity contribution in [3.8, 4) is 23.0 Å². The number of carbonyl (C=O) groups is 2. The van der Waals surface area contributed by atoms with E-state index in [2.05, 4.69) is 0 Å². The molecule has 1 atom stereocenters. The van der Waals surface area contributed by atoms with Crippen LogP contribution in [0.2, 0.25) is 0 Å². The molecule has 8 heteroatoms. The van der Waals surface area contributed by atoms with Gasteiger partial charge in [-0.15, -0.1) is 0 Å². The fraction of sp³-hybridized carbons (Fsp3) is 0.111. The number of benzene rings is 2. The van der Waals surface area contributed by atoms with E-state index in [1.807, 2.05) is 0 Å². The molecule has 1 heterocycles. The largest absolute Gasteiger partial charge is 0.504 e. The van der Waals surface area contributed by atoms with Crippen LogP contribution in [0.1, 0.15) is 15.9 Å². The number of rotatable bonds is 3. The predicted molar refractivity (Wildman–Crippen MR) is 87.8 cm³/mol. The van der Waals surface area contributed by atoms with Crippen LogP contribution >= 0.6 is 0 Å². The molecule has 2 aromatic carbocycles. The predicted octanol–water partition coefficient (Wildman–Crippen LogP) is 1.06. The molecule has 0 amide bonds. The minimum Gasteiger partial charge on any atom is -0.504 e. The fourth-order valence-electron chi connectivity index (χ4n) is 2.56. The number of ether oxygens (including phenoxy) is 1. The third-order valence-corrected chi connectivity index (χ3v) is 4.00. The van der Waals surface area contributed by atoms with Crippen molar-refractivity contribution in [1.82, 2.24) is 0 Å². The molecule has 8 nitrogen and oxygen atoms in total. The lowest BCUT2D eigenvalue weighted by Gasteiger charge is -2.19. The summed E-state index contributed by atoms with van der Waals surface area (Å²) in [7, 11) is 0. The number of cyclic esters (lactones) is 1. The van der Waals surface area contributed by atoms with Crippen LogP contribution in [0.3, 0.4) is 0 Å². The number of carbonyl (C=O) groups excluding carboxylic acids is 2. The second kappa shape index (κ2) is 6.08. The Hall–Kier alpha value is -3.52. The Balaban J connectivity index is 2.04. The number of Topliss-reactive ketones (excluding diaryl/α,β-unsaturated/α-hetero) is 1. The van der Waals surface area contributed by atoms with Crippen LogP contribution in [0.4, 0.5) is 0 Å². The molecule has 1 aliphatic heterocycles. The van der Waals surface area contributed by atoms with Crippen LogP contribution in [0.15, 0.2) is 42.0 Å². The molecule has 0 saturated carbocycles. The van der Waals surface area contributed by atoms with Crippen molar-refractivity contribution in [2.75, 3.05) is 6.61 Å². The van der Waals surface area contributed by atoms with Crippen LogP contribution in [-0.2, 0) is 9.53 Å². The molecule has 1 fully saturated rings. The average molecular weight is 358 g/mol. The van der Waals surface area contributed by atoms with Gasteiger partial charge in [-0.3, -0.25) is 4.79 Å². The summed E-state index contributed by atoms with van der Waals surface area (Å²) in [6, 6.07) is 6.91. The van der Waals surface area contributed by atoms with Crippen molar-refractivity contribution in [3.05, 3.63) is 53.1 Å². The number of phenolic OH excluding ortho intramolecular Hbond substituents is 4. The summed E-state index contributed by atoms with van der Waals surface area (Å²) in [5.41, 5.74) is -2.57. The number of ketones is 1. The van der Waals surface area contributed by atoms with E-state index in [1.165, 1.54) is 18.2 Å². The van der Waals surface area contributed by atoms with Gasteiger partial charge < -0.3 is 30.3 Å². The monoisotopic (exact) mass is 358 g/mol. The van der Waals surface area contributed by atoms with Crippen molar-refractivity contribution in [1.29, 1.82) is 0 Å². The van der Waals surface area contributed by atoms with Crippen LogP contribution in [-0.4, -0.2) is 49.5 Å². The summed E-state index contributed by atoms with van der Waals surface area (Å²) >= 11 is 0. The Morgan fingerprint density at radius 1 is 0.962 bits per heavy atom. The van der Waals surface area contributed by atoms with Gasteiger partial charge in [0.05, 0.1) is 5.57 Å². The van der Waals surface area contributed by atoms with Gasteiger partial charge in [0, 0.05) is 5.56 Å². The quantitative estimate of drug-likeness (QED) is 0.237. The molecule has 26 heavy (non-hydrogen) atoms. The zero-order chi connectivity index (χ0) is 19.1. The minimum absolute atomic E-state index is 0.138. The number of aliphatic hydroxyl groups is 1. The van der Waals surface area contributed by atoms with Gasteiger partial charge in [-0.05, 0) is 42.0 Å². The molecule has 5 N–H and O–H groups in total. The number of hydrogen-bond acceptors (Lipinski definition) is 8. The summed E-state index contributed by atoms with van der Waals surface area (Å²) in [5, 5.41) is 48.5. The molecule has 0 aliphatic carbocycles. The molecule has 0 unspecified atom stereocenters. The van der Waals surface area contributed by atoms with Crippen molar-refractivity contribution < 1.29 is 39.9 Å². The lowest BCUT2D eigenvalue weighted by atomic mass is 9.86. The highest BCUT2D eigenvalue weighted by Crippen LogP contribution is 2.35. The maximum Gasteiger partial charge on any atom is 0.337 e. The van der Waals surface area contributed by atoms with E-state index in [4.69, 9.17) is 4.74 Å². The molecular weight excluding hydrogens is 344 g/mol. The van der Waals surface area contributed by atoms with E-state index in [9.17, 15) is 35.1 Å². The van der Waals surface area contributed by atoms with E-state index >= 15 is 0 Å². The maximum atomic E-state index is 12.7. The second-order valence-corrected chi connectivity index (χ2v) is 5.78. The zero-order valence-corrected chi connectivity index (χ0v) is 13.2. The lowest BCUT2D eigenvalue weighted by Crippen LogP contribution is -2.41. The molecule has 2 aromatic rings. The molecular formula is C18H14O8. The molecule has 0 spiro atoms. The van der Waals surface area contributed by atoms with Crippen molar-refractivity contribution in [2.24, 2.45) is 0 Å². The normalized spacial score (nSPS) is 21.0. The molecule has 1 saturated heterocycles. The Labute approximate surface area is 146 Å². The fourth-order valence-corrected chi connectivity index (χ4v) is 2.56. The van der Waals surface area contributed by atoms with Crippen molar-refractivity contribution in [3.63, 3.8) is 0 Å². The first kappa shape index (κ1) is 17.3. The SMILES string of the molecule is O=C1OC[C@](O)(C(=O)c2ccc(O)c(O)c2)C1=Cc1ccc(O)c(O)c1. The maximum absolute atomic E-state index is 12.7. The van der Waals surface area contributed by atoms with Gasteiger partial charge in [0.25, 0.3) is 0 Å². The van der Waals surface area contributed by atoms with E-state index in [-0.39, 0.29) is 22.4 Å². The highest BCUT2D eigenvalue weighted by Gasteiger charge is 2.50. The molecule has 0 bridgehead atoms. The van der Waals surface area contributed by atoms with E-state index < -0.39 is 41.2 Å². The van der Waals surface area contributed by atoms with Crippen LogP contribution < -0.4 is 0 Å². The van der Waals surface area contributed by atoms with Gasteiger partial charge in [-0.2, -0.15) is 0 Å². The number of esters is 1. The van der Waals surface area contributed by atoms with E-state index in [0.29, 0.717) is 0 Å². The third kappa shape index (κ3) is 2.82. The molecule has 134 valence electrons. The van der Waals surface area contributed by atoms with Crippen molar-refractivity contribution >= 4 is 17.8 Å². The molecule has 0 radical (unpaired) electrons. The van der Waals surface area contributed by atoms with Gasteiger partial charge >= 0.3 is 5.97 Å². The number of hydrogen-bond donors (Lipinski definition) is 5. The Morgan fingerprint density at radius 2 is 1.58 bits per heavy atom. The van der Waals surface area contributed by atoms with Crippen LogP contribution in [0, 0.1) is 0 Å². The Morgan fingerprint density at radius 3 is 2.19 bits per heavy atom. The van der Waals surface area contributed by atoms with Gasteiger partial charge in [0.1, 0.15) is 6.61 Å². The number of aromatic hydroxyl groups is 4. The molecule has 3 rings (SSSR count). The third-order valence-electron chi connectivity index (χ3n) is 4.00. The summed E-state index contributed by atoms with van der Waals surface area (Å²) < 4.78 is 4.80. The summed E-state index contributed by atoms with van der Waals surface area (Å²) in [4.78, 5) is 24.7. The summed E-state index contributed by atoms with van der Waals surface area (Å²) in [5.74, 6) is -3.64. The van der Waals surface area contributed by atoms with Crippen LogP contribution in [0.25, 0.3) is 6.08 Å². The second-order valence-electron chi connectivity index (χ2n) is 5.78. The minimum atomic E-state index is -2.31. The smallest absolute Gasteiger partial charge is 0.337 e. The average Bonchev–Trinajstić information content (AvgIpc) is 2.89. The van der Waals surface area contributed by atoms with Crippen LogP contribution in [0.5, 0.6) is 23.0 Å². The zero-order valence-electron chi connectivity index (χ0n) is 13.2. The van der Waals surface area contributed by atoms with Gasteiger partial charge in [-0.25, -0.2) is 4.79 Å². The molecule has 1 aliphatic rings. The van der Waals surface area contributed by atoms with Gasteiger partial charge in [-0.1, -0.05) is 6.07 Å². The van der Waals surface area contributed by atoms with Gasteiger partial charge in [0.15, 0.2) is 28.6 Å². The topological polar surface area (TPSA) is 145 Å². The summed E-state index contributed by atoms with van der Waals surface area (Å²) in [6.45, 7) is -0.623. The highest BCUT2D eigenvalue weighted by molar-refractivity contribution is 6.14. The number of phenols is 4. The Bertz CT molecular complexity index is 946. The highest BCUT2D eigenvalue weighted by atomic mass is 16.6. The lowest BCUT2D eigenvalue weighted by molar-refractivity contribution is -0.135.